The van der Waals surface area contributed by atoms with Crippen LogP contribution in [0.5, 0.6) is 0 Å². The molecule has 0 radical (unpaired) electrons. The molecule has 3 rings (SSSR count). The summed E-state index contributed by atoms with van der Waals surface area (Å²) in [5, 5.41) is 5.67. The molecule has 0 saturated heterocycles. The number of carbonyl (C=O) groups excluding carboxylic acids is 1. The van der Waals surface area contributed by atoms with Crippen molar-refractivity contribution in [2.24, 2.45) is 0 Å². The van der Waals surface area contributed by atoms with Crippen molar-refractivity contribution in [3.05, 3.63) is 95.6 Å². The number of nitrogens with one attached hydrogen (secondary N) is 2. The lowest BCUT2D eigenvalue weighted by molar-refractivity contribution is -0.138. The van der Waals surface area contributed by atoms with Crippen LogP contribution in [0.3, 0.4) is 0 Å². The zero-order valence-electron chi connectivity index (χ0n) is 16.2. The lowest BCUT2D eigenvalue weighted by Crippen LogP contribution is -2.15. The predicted molar refractivity (Wildman–Crippen MR) is 106 cm³/mol. The third kappa shape index (κ3) is 5.71. The Bertz CT molecular complexity index is 1050. The van der Waals surface area contributed by atoms with E-state index in [1.54, 1.807) is 12.1 Å². The number of hydrogen-bond acceptors (Lipinski definition) is 4. The monoisotopic (exact) mass is 454 g/mol. The van der Waals surface area contributed by atoms with Crippen molar-refractivity contribution in [2.45, 2.75) is 18.4 Å². The molecule has 32 heavy (non-hydrogen) atoms. The van der Waals surface area contributed by atoms with Crippen molar-refractivity contribution in [1.82, 2.24) is 0 Å². The molecule has 168 valence electrons. The van der Waals surface area contributed by atoms with Crippen molar-refractivity contribution in [1.29, 1.82) is 0 Å². The molecule has 0 aliphatic rings. The smallest absolute Gasteiger partial charge is 0.416 e. The van der Waals surface area contributed by atoms with E-state index in [4.69, 9.17) is 4.42 Å². The molecule has 1 aromatic heterocycles. The molecule has 2 N–H and O–H groups in total. The minimum atomic E-state index is -4.49. The molecule has 3 aromatic rings. The fourth-order valence-corrected chi connectivity index (χ4v) is 2.80. The van der Waals surface area contributed by atoms with Crippen LogP contribution >= 0.6 is 0 Å². The highest BCUT2D eigenvalue weighted by atomic mass is 19.4. The SMILES string of the molecule is O=C/C(=C\Nc1ccc(C(F)(F)F)cc1)C(Nc1ccc(C(F)(F)F)cc1)c1ccco1. The molecule has 0 spiro atoms. The molecule has 10 heteroatoms. The third-order valence-electron chi connectivity index (χ3n) is 4.44. The second-order valence-electron chi connectivity index (χ2n) is 6.65. The van der Waals surface area contributed by atoms with Gasteiger partial charge in [0.25, 0.3) is 0 Å². The highest BCUT2D eigenvalue weighted by molar-refractivity contribution is 5.78. The van der Waals surface area contributed by atoms with Crippen molar-refractivity contribution in [3.63, 3.8) is 0 Å². The highest BCUT2D eigenvalue weighted by Crippen LogP contribution is 2.32. The van der Waals surface area contributed by atoms with Crippen molar-refractivity contribution < 1.29 is 35.6 Å². The van der Waals surface area contributed by atoms with Crippen molar-refractivity contribution in [2.75, 3.05) is 10.6 Å². The molecule has 0 aliphatic heterocycles. The van der Waals surface area contributed by atoms with Crippen LogP contribution in [0, 0.1) is 0 Å². The van der Waals surface area contributed by atoms with Gasteiger partial charge < -0.3 is 15.1 Å². The normalized spacial score (nSPS) is 13.5. The summed E-state index contributed by atoms with van der Waals surface area (Å²) < 4.78 is 81.7. The van der Waals surface area contributed by atoms with Crippen LogP contribution in [-0.2, 0) is 17.1 Å². The van der Waals surface area contributed by atoms with Gasteiger partial charge in [-0.05, 0) is 60.7 Å². The quantitative estimate of drug-likeness (QED) is 0.238. The van der Waals surface area contributed by atoms with Gasteiger partial charge in [-0.2, -0.15) is 26.3 Å². The molecule has 1 atom stereocenters. The molecule has 0 aliphatic carbocycles. The summed E-state index contributed by atoms with van der Waals surface area (Å²) in [6.07, 6.45) is -5.82. The first-order valence-corrected chi connectivity index (χ1v) is 9.14. The first kappa shape index (κ1) is 23.0. The molecule has 4 nitrogen and oxygen atoms in total. The van der Waals surface area contributed by atoms with Crippen LogP contribution in [0.1, 0.15) is 22.9 Å². The molecule has 0 fully saturated rings. The van der Waals surface area contributed by atoms with Crippen LogP contribution in [-0.4, -0.2) is 6.29 Å². The van der Waals surface area contributed by atoms with Gasteiger partial charge in [-0.25, -0.2) is 0 Å². The van der Waals surface area contributed by atoms with Crippen molar-refractivity contribution >= 4 is 17.7 Å². The number of benzene rings is 2. The number of alkyl halides is 6. The van der Waals surface area contributed by atoms with E-state index < -0.39 is 29.5 Å². The Balaban J connectivity index is 1.83. The summed E-state index contributed by atoms with van der Waals surface area (Å²) in [6.45, 7) is 0. The number of anilines is 2. The van der Waals surface area contributed by atoms with Crippen molar-refractivity contribution in [3.8, 4) is 0 Å². The van der Waals surface area contributed by atoms with Gasteiger partial charge in [0.1, 0.15) is 18.1 Å². The number of aldehydes is 1. The van der Waals surface area contributed by atoms with Gasteiger partial charge >= 0.3 is 12.4 Å². The molecule has 0 amide bonds. The molecular weight excluding hydrogens is 438 g/mol. The summed E-state index contributed by atoms with van der Waals surface area (Å²) >= 11 is 0. The predicted octanol–water partition coefficient (Wildman–Crippen LogP) is 6.67. The average Bonchev–Trinajstić information content (AvgIpc) is 3.27. The summed E-state index contributed by atoms with van der Waals surface area (Å²) in [4.78, 5) is 11.7. The topological polar surface area (TPSA) is 54.3 Å². The Hall–Kier alpha value is -3.69. The second kappa shape index (κ2) is 9.21. The summed E-state index contributed by atoms with van der Waals surface area (Å²) in [5.41, 5.74) is -0.959. The van der Waals surface area contributed by atoms with Crippen LogP contribution < -0.4 is 10.6 Å². The Morgan fingerprint density at radius 1 is 0.812 bits per heavy atom. The van der Waals surface area contributed by atoms with Gasteiger partial charge in [-0.15, -0.1) is 0 Å². The van der Waals surface area contributed by atoms with Gasteiger partial charge in [0.2, 0.25) is 0 Å². The zero-order chi connectivity index (χ0) is 23.4. The Morgan fingerprint density at radius 2 is 1.34 bits per heavy atom. The van der Waals surface area contributed by atoms with E-state index in [9.17, 15) is 31.1 Å². The van der Waals surface area contributed by atoms with E-state index >= 15 is 0 Å². The van der Waals surface area contributed by atoms with E-state index in [0.29, 0.717) is 23.4 Å². The van der Waals surface area contributed by atoms with Gasteiger partial charge in [0, 0.05) is 23.1 Å². The summed E-state index contributed by atoms with van der Waals surface area (Å²) in [6, 6.07) is 10.7. The van der Waals surface area contributed by atoms with E-state index in [2.05, 4.69) is 10.6 Å². The Kier molecular flexibility index (Phi) is 6.61. The maximum absolute atomic E-state index is 12.8. The first-order valence-electron chi connectivity index (χ1n) is 9.14. The largest absolute Gasteiger partial charge is 0.467 e. The van der Waals surface area contributed by atoms with E-state index in [-0.39, 0.29) is 5.57 Å². The van der Waals surface area contributed by atoms with Gasteiger partial charge in [-0.3, -0.25) is 4.79 Å². The minimum Gasteiger partial charge on any atom is -0.467 e. The lowest BCUT2D eigenvalue weighted by Gasteiger charge is -2.19. The minimum absolute atomic E-state index is 0.0970. The van der Waals surface area contributed by atoms with Crippen LogP contribution in [0.15, 0.2) is 83.1 Å². The molecule has 1 heterocycles. The second-order valence-corrected chi connectivity index (χ2v) is 6.65. The maximum atomic E-state index is 12.8. The summed E-state index contributed by atoms with van der Waals surface area (Å²) in [7, 11) is 0. The Labute approximate surface area is 178 Å². The number of furan rings is 1. The molecular formula is C22H16F6N2O2. The lowest BCUT2D eigenvalue weighted by atomic mass is 10.1. The van der Waals surface area contributed by atoms with Crippen LogP contribution in [0.25, 0.3) is 0 Å². The standard InChI is InChI=1S/C22H16F6N2O2/c23-21(24,25)15-3-7-17(8-4-15)29-12-14(13-31)20(19-2-1-11-32-19)30-18-9-5-16(6-10-18)22(26,27)28/h1-13,20,29-30H/b14-12+. The third-order valence-corrected chi connectivity index (χ3v) is 4.44. The van der Waals surface area contributed by atoms with E-state index in [0.717, 1.165) is 24.3 Å². The fourth-order valence-electron chi connectivity index (χ4n) is 2.80. The van der Waals surface area contributed by atoms with E-state index in [1.165, 1.54) is 36.7 Å². The molecule has 2 aromatic carbocycles. The Morgan fingerprint density at radius 3 is 1.78 bits per heavy atom. The van der Waals surface area contributed by atoms with Gasteiger partial charge in [0.15, 0.2) is 0 Å². The number of rotatable bonds is 7. The maximum Gasteiger partial charge on any atom is 0.416 e. The zero-order valence-corrected chi connectivity index (χ0v) is 16.2. The highest BCUT2D eigenvalue weighted by Gasteiger charge is 2.31. The molecule has 0 saturated carbocycles. The van der Waals surface area contributed by atoms with Crippen LogP contribution in [0.4, 0.5) is 37.7 Å². The summed E-state index contributed by atoms with van der Waals surface area (Å²) in [5.74, 6) is 0.303. The molecule has 1 unspecified atom stereocenters. The number of halogens is 6. The first-order chi connectivity index (χ1) is 15.1. The van der Waals surface area contributed by atoms with Crippen LogP contribution in [0.2, 0.25) is 0 Å². The van der Waals surface area contributed by atoms with E-state index in [1.807, 2.05) is 0 Å². The van der Waals surface area contributed by atoms with Gasteiger partial charge in [-0.1, -0.05) is 0 Å². The average molecular weight is 454 g/mol. The number of hydrogen-bond donors (Lipinski definition) is 2. The fraction of sp³-hybridized carbons (Fsp3) is 0.136. The van der Waals surface area contributed by atoms with Gasteiger partial charge in [0.05, 0.1) is 17.4 Å². The number of carbonyl (C=O) groups is 1. The molecule has 0 bridgehead atoms.